The average Bonchev–Trinajstić information content (AvgIpc) is 2.68. The Morgan fingerprint density at radius 2 is 1.66 bits per heavy atom. The molecule has 0 unspecified atom stereocenters. The minimum absolute atomic E-state index is 0.00662. The zero-order valence-corrected chi connectivity index (χ0v) is 16.3. The van der Waals surface area contributed by atoms with Crippen LogP contribution >= 0.6 is 0 Å². The summed E-state index contributed by atoms with van der Waals surface area (Å²) in [5, 5.41) is 0. The molecule has 1 aromatic carbocycles. The monoisotopic (exact) mass is 466 g/mol. The summed E-state index contributed by atoms with van der Waals surface area (Å²) < 4.78 is 80.3. The van der Waals surface area contributed by atoms with Gasteiger partial charge in [-0.25, -0.2) is 4.98 Å². The summed E-state index contributed by atoms with van der Waals surface area (Å²) in [7, 11) is 0. The molecule has 0 fully saturated rings. The second kappa shape index (κ2) is 9.70. The highest BCUT2D eigenvalue weighted by atomic mass is 19.4. The predicted molar refractivity (Wildman–Crippen MR) is 97.0 cm³/mol. The van der Waals surface area contributed by atoms with Gasteiger partial charge in [-0.05, 0) is 24.3 Å². The zero-order valence-electron chi connectivity index (χ0n) is 16.3. The van der Waals surface area contributed by atoms with Gasteiger partial charge in [-0.15, -0.1) is 0 Å². The molecular weight excluding hydrogens is 450 g/mol. The number of nitrogens with one attached hydrogen (secondary N) is 2. The van der Waals surface area contributed by atoms with Crippen LogP contribution < -0.4 is 21.1 Å². The fraction of sp³-hybridized carbons (Fsp3) is 0.333. The predicted octanol–water partition coefficient (Wildman–Crippen LogP) is 2.45. The smallest absolute Gasteiger partial charge is 0.422 e. The number of halogens is 6. The molecule has 2 amide bonds. The Bertz CT molecular complexity index is 1030. The Morgan fingerprint density at radius 3 is 2.19 bits per heavy atom. The fourth-order valence-electron chi connectivity index (χ4n) is 2.41. The van der Waals surface area contributed by atoms with Crippen molar-refractivity contribution in [3.63, 3.8) is 0 Å². The Morgan fingerprint density at radius 1 is 1.03 bits per heavy atom. The molecule has 1 heterocycles. The van der Waals surface area contributed by atoms with E-state index in [2.05, 4.69) is 9.72 Å². The molecule has 0 atom stereocenters. The lowest BCUT2D eigenvalue weighted by molar-refractivity contribution is -0.153. The number of carbonyl (C=O) groups excluding carboxylic acids is 2. The number of aryl methyl sites for hydroxylation is 1. The fourth-order valence-corrected chi connectivity index (χ4v) is 2.41. The number of hydrogen-bond acceptors (Lipinski definition) is 5. The normalized spacial score (nSPS) is 11.7. The van der Waals surface area contributed by atoms with E-state index in [0.717, 1.165) is 41.8 Å². The molecule has 14 heteroatoms. The molecule has 0 aliphatic carbocycles. The molecule has 0 saturated carbocycles. The van der Waals surface area contributed by atoms with Crippen molar-refractivity contribution in [1.82, 2.24) is 20.4 Å². The lowest BCUT2D eigenvalue weighted by Gasteiger charge is -2.15. The Labute approximate surface area is 176 Å². The maximum atomic E-state index is 12.7. The highest BCUT2D eigenvalue weighted by Gasteiger charge is 2.29. The second-order valence-corrected chi connectivity index (χ2v) is 6.38. The summed E-state index contributed by atoms with van der Waals surface area (Å²) in [6, 6.07) is 5.24. The quantitative estimate of drug-likeness (QED) is 0.503. The highest BCUT2D eigenvalue weighted by Crippen LogP contribution is 2.23. The molecule has 0 aliphatic heterocycles. The molecule has 8 nitrogen and oxygen atoms in total. The molecule has 32 heavy (non-hydrogen) atoms. The van der Waals surface area contributed by atoms with Crippen LogP contribution in [0.2, 0.25) is 0 Å². The molecule has 0 spiro atoms. The number of benzene rings is 1. The van der Waals surface area contributed by atoms with Gasteiger partial charge in [0.05, 0.1) is 12.1 Å². The number of nitrogens with zero attached hydrogens (tertiary/aromatic N) is 2. The molecule has 2 rings (SSSR count). The van der Waals surface area contributed by atoms with Crippen LogP contribution in [0.4, 0.5) is 26.3 Å². The third kappa shape index (κ3) is 7.59. The van der Waals surface area contributed by atoms with Crippen molar-refractivity contribution in [3.8, 4) is 11.4 Å². The van der Waals surface area contributed by atoms with Gasteiger partial charge in [0, 0.05) is 19.4 Å². The highest BCUT2D eigenvalue weighted by molar-refractivity contribution is 5.93. The van der Waals surface area contributed by atoms with E-state index in [1.807, 2.05) is 10.9 Å². The molecule has 174 valence electrons. The van der Waals surface area contributed by atoms with Gasteiger partial charge >= 0.3 is 12.4 Å². The minimum Gasteiger partial charge on any atom is -0.484 e. The maximum Gasteiger partial charge on any atom is 0.422 e. The lowest BCUT2D eigenvalue weighted by Crippen LogP contribution is -2.41. The topological polar surface area (TPSA) is 102 Å². The van der Waals surface area contributed by atoms with Gasteiger partial charge in [0.2, 0.25) is 5.91 Å². The molecule has 0 aliphatic rings. The lowest BCUT2D eigenvalue weighted by atomic mass is 10.2. The summed E-state index contributed by atoms with van der Waals surface area (Å²) in [5.74, 6) is -2.28. The van der Waals surface area contributed by atoms with Crippen LogP contribution in [0.5, 0.6) is 5.75 Å². The van der Waals surface area contributed by atoms with Crippen LogP contribution in [0.25, 0.3) is 5.69 Å². The van der Waals surface area contributed by atoms with Crippen molar-refractivity contribution in [2.24, 2.45) is 0 Å². The summed E-state index contributed by atoms with van der Waals surface area (Å²) in [6.07, 6.45) is -11.3. The van der Waals surface area contributed by atoms with Crippen LogP contribution in [0.1, 0.15) is 29.7 Å². The third-order valence-electron chi connectivity index (χ3n) is 3.70. The van der Waals surface area contributed by atoms with Crippen LogP contribution in [0.3, 0.4) is 0 Å². The number of hydrazine groups is 1. The van der Waals surface area contributed by atoms with Crippen molar-refractivity contribution < 1.29 is 40.7 Å². The Kier molecular flexibility index (Phi) is 7.48. The number of ether oxygens (including phenoxy) is 1. The second-order valence-electron chi connectivity index (χ2n) is 6.38. The summed E-state index contributed by atoms with van der Waals surface area (Å²) in [4.78, 5) is 39.3. The largest absolute Gasteiger partial charge is 0.484 e. The number of alkyl halides is 6. The van der Waals surface area contributed by atoms with E-state index in [1.165, 1.54) is 0 Å². The van der Waals surface area contributed by atoms with E-state index < -0.39 is 60.7 Å². The van der Waals surface area contributed by atoms with Gasteiger partial charge < -0.3 is 4.74 Å². The van der Waals surface area contributed by atoms with Gasteiger partial charge in [-0.3, -0.25) is 29.8 Å². The first-order valence-electron chi connectivity index (χ1n) is 8.82. The first-order valence-corrected chi connectivity index (χ1v) is 8.82. The summed E-state index contributed by atoms with van der Waals surface area (Å²) in [6.45, 7) is -0.467. The van der Waals surface area contributed by atoms with Crippen molar-refractivity contribution in [2.75, 3.05) is 6.61 Å². The van der Waals surface area contributed by atoms with Crippen LogP contribution in [-0.4, -0.2) is 40.3 Å². The van der Waals surface area contributed by atoms with Gasteiger partial charge in [-0.2, -0.15) is 26.3 Å². The number of aromatic nitrogens is 2. The molecule has 0 saturated heterocycles. The molecule has 2 N–H and O–H groups in total. The number of amides is 2. The standard InChI is InChI=1S/C18H16F6N4O4/c1-10(29)26-27-16(31)13-8-15(30)28(14(25-13)6-7-17(19,20)21)11-2-4-12(5-3-11)32-9-18(22,23)24/h2-5,8H,6-7,9H2,1H3,(H,26,29)(H,27,31). The van der Waals surface area contributed by atoms with Crippen molar-refractivity contribution >= 4 is 11.8 Å². The number of carbonyl (C=O) groups is 2. The van der Waals surface area contributed by atoms with E-state index in [-0.39, 0.29) is 11.4 Å². The summed E-state index contributed by atoms with van der Waals surface area (Å²) in [5.41, 5.74) is 2.42. The van der Waals surface area contributed by atoms with E-state index in [1.54, 1.807) is 0 Å². The first kappa shape index (κ1) is 24.7. The first-order chi connectivity index (χ1) is 14.7. The minimum atomic E-state index is -4.59. The van der Waals surface area contributed by atoms with Gasteiger partial charge in [0.15, 0.2) is 6.61 Å². The molecule has 2 aromatic rings. The molecular formula is C18H16F6N4O4. The van der Waals surface area contributed by atoms with Gasteiger partial charge in [0.1, 0.15) is 17.3 Å². The SMILES string of the molecule is CC(=O)NNC(=O)c1cc(=O)n(-c2ccc(OCC(F)(F)F)cc2)c(CCC(F)(F)F)n1. The number of rotatable bonds is 6. The Hall–Kier alpha value is -3.58. The van der Waals surface area contributed by atoms with Crippen LogP contribution in [0, 0.1) is 0 Å². The molecule has 0 radical (unpaired) electrons. The van der Waals surface area contributed by atoms with Crippen LogP contribution in [0.15, 0.2) is 35.1 Å². The molecule has 0 bridgehead atoms. The maximum absolute atomic E-state index is 12.7. The van der Waals surface area contributed by atoms with Crippen LogP contribution in [-0.2, 0) is 11.2 Å². The Balaban J connectivity index is 2.40. The summed E-state index contributed by atoms with van der Waals surface area (Å²) >= 11 is 0. The van der Waals surface area contributed by atoms with Gasteiger partial charge in [0.25, 0.3) is 11.5 Å². The zero-order chi connectivity index (χ0) is 24.1. The van der Waals surface area contributed by atoms with E-state index in [0.29, 0.717) is 0 Å². The molecule has 1 aromatic heterocycles. The van der Waals surface area contributed by atoms with Crippen molar-refractivity contribution in [1.29, 1.82) is 0 Å². The van der Waals surface area contributed by atoms with Crippen molar-refractivity contribution in [3.05, 3.63) is 52.2 Å². The van der Waals surface area contributed by atoms with Gasteiger partial charge in [-0.1, -0.05) is 0 Å². The van der Waals surface area contributed by atoms with E-state index >= 15 is 0 Å². The van der Waals surface area contributed by atoms with E-state index in [9.17, 15) is 40.7 Å². The third-order valence-corrected chi connectivity index (χ3v) is 3.70. The average molecular weight is 466 g/mol. The number of hydrogen-bond donors (Lipinski definition) is 2. The van der Waals surface area contributed by atoms with Crippen molar-refractivity contribution in [2.45, 2.75) is 32.1 Å². The van der Waals surface area contributed by atoms with E-state index in [4.69, 9.17) is 0 Å².